The Morgan fingerprint density at radius 1 is 1.29 bits per heavy atom. The highest BCUT2D eigenvalue weighted by Gasteiger charge is 2.28. The molecule has 10 heteroatoms. The van der Waals surface area contributed by atoms with Gasteiger partial charge in [0.2, 0.25) is 5.82 Å². The van der Waals surface area contributed by atoms with Gasteiger partial charge in [0.25, 0.3) is 11.8 Å². The minimum Gasteiger partial charge on any atom is -0.489 e. The molecule has 34 heavy (non-hydrogen) atoms. The summed E-state index contributed by atoms with van der Waals surface area (Å²) in [6, 6.07) is 13.8. The van der Waals surface area contributed by atoms with Crippen molar-refractivity contribution in [1.82, 2.24) is 20.5 Å². The van der Waals surface area contributed by atoms with Crippen molar-refractivity contribution in [2.45, 2.75) is 31.9 Å². The third kappa shape index (κ3) is 5.62. The number of hydrogen-bond donors (Lipinski definition) is 4. The second-order valence-electron chi connectivity index (χ2n) is 8.40. The summed E-state index contributed by atoms with van der Waals surface area (Å²) in [5.41, 5.74) is 0.936. The lowest BCUT2D eigenvalue weighted by Gasteiger charge is -2.16. The summed E-state index contributed by atoms with van der Waals surface area (Å²) in [6.07, 6.45) is 2.10. The molecule has 0 aliphatic carbocycles. The molecule has 0 unspecified atom stereocenters. The molecule has 3 aromatic rings. The standard InChI is InChI=1S/C24H24ClN5O4/c1-24(2,33)19(25)11-15-8-9-18-16(10-15)26-22(31)17(13-34-18)27-23(32)21-28-20(29-30-21)12-14-6-4-3-5-7-14/h3-11,17,33H,12-13H2,1-2H3,(H,26,31)(H,27,32)(H,28,29,30)/b19-11-/t17-/m1/s1. The van der Waals surface area contributed by atoms with Crippen molar-refractivity contribution in [2.24, 2.45) is 0 Å². The number of anilines is 1. The largest absolute Gasteiger partial charge is 0.489 e. The molecule has 0 fully saturated rings. The molecule has 1 aliphatic rings. The Hall–Kier alpha value is -3.69. The van der Waals surface area contributed by atoms with Gasteiger partial charge in [-0.2, -0.15) is 0 Å². The fourth-order valence-corrected chi connectivity index (χ4v) is 3.37. The first-order valence-electron chi connectivity index (χ1n) is 10.6. The molecule has 2 amide bonds. The topological polar surface area (TPSA) is 129 Å². The number of benzene rings is 2. The van der Waals surface area contributed by atoms with Gasteiger partial charge in [0.15, 0.2) is 0 Å². The maximum Gasteiger partial charge on any atom is 0.291 e. The summed E-state index contributed by atoms with van der Waals surface area (Å²) in [5.74, 6) is -0.109. The van der Waals surface area contributed by atoms with Gasteiger partial charge in [-0.1, -0.05) is 48.0 Å². The number of nitrogens with one attached hydrogen (secondary N) is 3. The minimum atomic E-state index is -1.19. The third-order valence-corrected chi connectivity index (χ3v) is 5.69. The molecular formula is C24H24ClN5O4. The summed E-state index contributed by atoms with van der Waals surface area (Å²) >= 11 is 6.15. The van der Waals surface area contributed by atoms with Gasteiger partial charge in [0, 0.05) is 11.5 Å². The number of amides is 2. The van der Waals surface area contributed by atoms with Crippen LogP contribution in [0.5, 0.6) is 5.75 Å². The Bertz CT molecular complexity index is 1230. The quantitative estimate of drug-likeness (QED) is 0.428. The maximum absolute atomic E-state index is 12.7. The fraction of sp³-hybridized carbons (Fsp3) is 0.250. The zero-order valence-corrected chi connectivity index (χ0v) is 19.4. The van der Waals surface area contributed by atoms with E-state index in [-0.39, 0.29) is 17.5 Å². The van der Waals surface area contributed by atoms with Crippen LogP contribution in [0.4, 0.5) is 5.69 Å². The van der Waals surface area contributed by atoms with E-state index in [2.05, 4.69) is 25.8 Å². The van der Waals surface area contributed by atoms with Crippen LogP contribution in [0.3, 0.4) is 0 Å². The SMILES string of the molecule is CC(C)(O)/C(Cl)=C/c1ccc2c(c1)NC(=O)[C@H](NC(=O)c1n[nH]c(Cc3ccccc3)n1)CO2. The number of fused-ring (bicyclic) bond motifs is 1. The van der Waals surface area contributed by atoms with E-state index in [0.29, 0.717) is 29.2 Å². The van der Waals surface area contributed by atoms with E-state index >= 15 is 0 Å². The number of H-pyrrole nitrogens is 1. The number of halogens is 1. The van der Waals surface area contributed by atoms with Crippen LogP contribution in [0.15, 0.2) is 53.6 Å². The van der Waals surface area contributed by atoms with E-state index in [1.165, 1.54) is 0 Å². The van der Waals surface area contributed by atoms with Crippen molar-refractivity contribution in [3.05, 3.63) is 76.3 Å². The summed E-state index contributed by atoms with van der Waals surface area (Å²) in [7, 11) is 0. The molecular weight excluding hydrogens is 458 g/mol. The zero-order valence-electron chi connectivity index (χ0n) is 18.6. The first kappa shape index (κ1) is 23.5. The van der Waals surface area contributed by atoms with Gasteiger partial charge in [0.05, 0.1) is 11.3 Å². The Kier molecular flexibility index (Phi) is 6.67. The van der Waals surface area contributed by atoms with E-state index in [1.54, 1.807) is 38.1 Å². The van der Waals surface area contributed by atoms with E-state index < -0.39 is 23.5 Å². The van der Waals surface area contributed by atoms with Gasteiger partial charge in [-0.3, -0.25) is 14.7 Å². The molecule has 1 aromatic heterocycles. The zero-order chi connectivity index (χ0) is 24.3. The molecule has 1 aliphatic heterocycles. The molecule has 0 saturated carbocycles. The van der Waals surface area contributed by atoms with Crippen LogP contribution >= 0.6 is 11.6 Å². The highest BCUT2D eigenvalue weighted by atomic mass is 35.5. The van der Waals surface area contributed by atoms with E-state index in [4.69, 9.17) is 16.3 Å². The Labute approximate surface area is 201 Å². The fourth-order valence-electron chi connectivity index (χ4n) is 3.25. The summed E-state index contributed by atoms with van der Waals surface area (Å²) in [4.78, 5) is 29.6. The minimum absolute atomic E-state index is 0.0609. The van der Waals surface area contributed by atoms with Crippen LogP contribution in [0.25, 0.3) is 6.08 Å². The normalized spacial score (nSPS) is 16.2. The third-order valence-electron chi connectivity index (χ3n) is 5.12. The van der Waals surface area contributed by atoms with Gasteiger partial charge in [-0.05, 0) is 43.2 Å². The maximum atomic E-state index is 12.7. The van der Waals surface area contributed by atoms with Gasteiger partial charge in [0.1, 0.15) is 24.2 Å². The Morgan fingerprint density at radius 3 is 2.79 bits per heavy atom. The number of carbonyl (C=O) groups is 2. The van der Waals surface area contributed by atoms with Crippen molar-refractivity contribution < 1.29 is 19.4 Å². The molecule has 176 valence electrons. The number of rotatable bonds is 6. The number of aromatic amines is 1. The van der Waals surface area contributed by atoms with E-state index in [9.17, 15) is 14.7 Å². The van der Waals surface area contributed by atoms with Crippen LogP contribution < -0.4 is 15.4 Å². The number of hydrogen-bond acceptors (Lipinski definition) is 6. The molecule has 4 rings (SSSR count). The second-order valence-corrected chi connectivity index (χ2v) is 8.81. The molecule has 0 saturated heterocycles. The summed E-state index contributed by atoms with van der Waals surface area (Å²) < 4.78 is 5.73. The van der Waals surface area contributed by atoms with E-state index in [0.717, 1.165) is 5.56 Å². The molecule has 1 atom stereocenters. The van der Waals surface area contributed by atoms with Crippen molar-refractivity contribution >= 4 is 35.2 Å². The lowest BCUT2D eigenvalue weighted by Crippen LogP contribution is -2.46. The van der Waals surface area contributed by atoms with Gasteiger partial charge in [-0.25, -0.2) is 4.98 Å². The molecule has 0 spiro atoms. The predicted molar refractivity (Wildman–Crippen MR) is 128 cm³/mol. The lowest BCUT2D eigenvalue weighted by atomic mass is 10.1. The molecule has 2 aromatic carbocycles. The van der Waals surface area contributed by atoms with Crippen LogP contribution in [-0.4, -0.2) is 50.4 Å². The van der Waals surface area contributed by atoms with Gasteiger partial charge in [-0.15, -0.1) is 5.10 Å². The van der Waals surface area contributed by atoms with E-state index in [1.807, 2.05) is 30.3 Å². The number of aliphatic hydroxyl groups is 1. The van der Waals surface area contributed by atoms with Gasteiger partial charge < -0.3 is 20.5 Å². The summed E-state index contributed by atoms with van der Waals surface area (Å²) in [6.45, 7) is 3.09. The average molecular weight is 482 g/mol. The van der Waals surface area contributed by atoms with Crippen LogP contribution in [-0.2, 0) is 11.2 Å². The highest BCUT2D eigenvalue weighted by Crippen LogP contribution is 2.30. The number of ether oxygens (including phenoxy) is 1. The average Bonchev–Trinajstić information content (AvgIpc) is 3.20. The Balaban J connectivity index is 1.42. The Morgan fingerprint density at radius 2 is 2.06 bits per heavy atom. The molecule has 9 nitrogen and oxygen atoms in total. The molecule has 0 bridgehead atoms. The molecule has 0 radical (unpaired) electrons. The summed E-state index contributed by atoms with van der Waals surface area (Å²) in [5, 5.41) is 22.4. The smallest absolute Gasteiger partial charge is 0.291 e. The molecule has 2 heterocycles. The van der Waals surface area contributed by atoms with Crippen molar-refractivity contribution in [3.8, 4) is 5.75 Å². The molecule has 4 N–H and O–H groups in total. The monoisotopic (exact) mass is 481 g/mol. The van der Waals surface area contributed by atoms with Crippen LogP contribution in [0.1, 0.15) is 41.4 Å². The first-order chi connectivity index (χ1) is 16.2. The van der Waals surface area contributed by atoms with Gasteiger partial charge >= 0.3 is 0 Å². The second kappa shape index (κ2) is 9.66. The van der Waals surface area contributed by atoms with Crippen LogP contribution in [0, 0.1) is 0 Å². The predicted octanol–water partition coefficient (Wildman–Crippen LogP) is 2.88. The lowest BCUT2D eigenvalue weighted by molar-refractivity contribution is -0.118. The van der Waals surface area contributed by atoms with Crippen molar-refractivity contribution in [3.63, 3.8) is 0 Å². The van der Waals surface area contributed by atoms with Crippen molar-refractivity contribution in [1.29, 1.82) is 0 Å². The highest BCUT2D eigenvalue weighted by molar-refractivity contribution is 6.32. The van der Waals surface area contributed by atoms with Crippen LogP contribution in [0.2, 0.25) is 0 Å². The number of carbonyl (C=O) groups excluding carboxylic acids is 2. The first-order valence-corrected chi connectivity index (χ1v) is 11.0. The number of nitrogens with zero attached hydrogens (tertiary/aromatic N) is 2. The number of aromatic nitrogens is 3. The van der Waals surface area contributed by atoms with Crippen molar-refractivity contribution in [2.75, 3.05) is 11.9 Å².